The second-order valence-corrected chi connectivity index (χ2v) is 9.18. The van der Waals surface area contributed by atoms with Gasteiger partial charge in [0.1, 0.15) is 36.4 Å². The summed E-state index contributed by atoms with van der Waals surface area (Å²) in [4.78, 5) is 38.6. The molecular weight excluding hydrogens is 536 g/mol. The van der Waals surface area contributed by atoms with Crippen LogP contribution in [0.2, 0.25) is 5.02 Å². The zero-order valence-electron chi connectivity index (χ0n) is 21.5. The van der Waals surface area contributed by atoms with Crippen LogP contribution in [-0.2, 0) is 16.1 Å². The van der Waals surface area contributed by atoms with E-state index in [0.29, 0.717) is 57.7 Å². The van der Waals surface area contributed by atoms with E-state index in [-0.39, 0.29) is 12.5 Å². The number of benzene rings is 2. The molecule has 12 heteroatoms. The Bertz CT molecular complexity index is 1560. The van der Waals surface area contributed by atoms with Crippen LogP contribution in [0, 0.1) is 0 Å². The van der Waals surface area contributed by atoms with E-state index in [1.54, 1.807) is 30.5 Å². The minimum Gasteiger partial charge on any atom is -0.494 e. The van der Waals surface area contributed by atoms with Gasteiger partial charge in [0, 0.05) is 23.3 Å². The van der Waals surface area contributed by atoms with E-state index < -0.39 is 12.2 Å². The molecule has 2 aromatic carbocycles. The molecular formula is C28H25ClN6O5. The number of anilines is 3. The normalized spacial score (nSPS) is 12.8. The minimum absolute atomic E-state index is 0.204. The Hall–Kier alpha value is -4.90. The molecule has 3 heterocycles. The van der Waals surface area contributed by atoms with Crippen molar-refractivity contribution in [1.82, 2.24) is 19.9 Å². The first-order valence-corrected chi connectivity index (χ1v) is 12.6. The number of hydrogen-bond donors (Lipinski definition) is 2. The van der Waals surface area contributed by atoms with Gasteiger partial charge in [-0.15, -0.1) is 0 Å². The number of carbonyl (C=O) groups is 2. The molecule has 1 saturated heterocycles. The first kappa shape index (κ1) is 26.7. The maximum Gasteiger partial charge on any atom is 0.412 e. The van der Waals surface area contributed by atoms with Crippen LogP contribution in [0.25, 0.3) is 10.9 Å². The molecule has 0 unspecified atom stereocenters. The molecule has 204 valence electrons. The molecule has 0 radical (unpaired) electrons. The lowest BCUT2D eigenvalue weighted by atomic mass is 10.1. The summed E-state index contributed by atoms with van der Waals surface area (Å²) in [5, 5.41) is 6.99. The zero-order valence-corrected chi connectivity index (χ0v) is 22.2. The van der Waals surface area contributed by atoms with Gasteiger partial charge >= 0.3 is 6.09 Å². The van der Waals surface area contributed by atoms with Crippen LogP contribution >= 0.6 is 11.6 Å². The highest BCUT2D eigenvalue weighted by Crippen LogP contribution is 2.35. The number of rotatable bonds is 9. The molecule has 0 bridgehead atoms. The molecule has 4 aromatic rings. The molecule has 0 saturated carbocycles. The number of nitrogens with zero attached hydrogens (tertiary/aromatic N) is 4. The highest BCUT2D eigenvalue weighted by atomic mass is 35.5. The van der Waals surface area contributed by atoms with Crippen molar-refractivity contribution in [2.75, 3.05) is 30.8 Å². The Kier molecular flexibility index (Phi) is 7.92. The highest BCUT2D eigenvalue weighted by molar-refractivity contribution is 6.32. The minimum atomic E-state index is -0.673. The molecule has 0 spiro atoms. The van der Waals surface area contributed by atoms with Crippen molar-refractivity contribution in [2.24, 2.45) is 0 Å². The number of aromatic nitrogens is 3. The van der Waals surface area contributed by atoms with Gasteiger partial charge in [0.25, 0.3) is 0 Å². The summed E-state index contributed by atoms with van der Waals surface area (Å²) in [6.07, 6.45) is 3.27. The SMILES string of the molecule is C=CC(=O)N1CC(OC(=O)Nc2cc3c(Nc4ccc(OCc5ccccn5)c(Cl)c4)ncnc3cc2OC)C1. The number of ether oxygens (including phenoxy) is 3. The average molecular weight is 561 g/mol. The third kappa shape index (κ3) is 6.05. The van der Waals surface area contributed by atoms with Crippen LogP contribution in [-0.4, -0.2) is 58.2 Å². The van der Waals surface area contributed by atoms with Crippen molar-refractivity contribution >= 4 is 51.7 Å². The first-order valence-electron chi connectivity index (χ1n) is 12.2. The van der Waals surface area contributed by atoms with Crippen molar-refractivity contribution in [3.05, 3.63) is 84.4 Å². The van der Waals surface area contributed by atoms with Crippen molar-refractivity contribution in [3.63, 3.8) is 0 Å². The van der Waals surface area contributed by atoms with Gasteiger partial charge in [-0.05, 0) is 42.5 Å². The average Bonchev–Trinajstić information content (AvgIpc) is 2.94. The second-order valence-electron chi connectivity index (χ2n) is 8.77. The maximum absolute atomic E-state index is 12.6. The molecule has 2 N–H and O–H groups in total. The second kappa shape index (κ2) is 11.9. The number of carbonyl (C=O) groups excluding carboxylic acids is 2. The maximum atomic E-state index is 12.6. The van der Waals surface area contributed by atoms with Crippen LogP contribution in [0.15, 0.2) is 73.7 Å². The summed E-state index contributed by atoms with van der Waals surface area (Å²) in [6.45, 7) is 4.36. The lowest BCUT2D eigenvalue weighted by molar-refractivity contribution is -0.135. The van der Waals surface area contributed by atoms with Gasteiger partial charge in [0.15, 0.2) is 0 Å². The summed E-state index contributed by atoms with van der Waals surface area (Å²) in [6, 6.07) is 14.3. The topological polar surface area (TPSA) is 128 Å². The molecule has 1 aliphatic heterocycles. The Morgan fingerprint density at radius 2 is 1.98 bits per heavy atom. The number of hydrogen-bond acceptors (Lipinski definition) is 9. The fourth-order valence-electron chi connectivity index (χ4n) is 4.03. The van der Waals surface area contributed by atoms with E-state index in [2.05, 4.69) is 32.2 Å². The zero-order chi connectivity index (χ0) is 28.1. The van der Waals surface area contributed by atoms with E-state index in [1.807, 2.05) is 24.3 Å². The molecule has 1 fully saturated rings. The largest absolute Gasteiger partial charge is 0.494 e. The van der Waals surface area contributed by atoms with Crippen molar-refractivity contribution < 1.29 is 23.8 Å². The number of nitrogens with one attached hydrogen (secondary N) is 2. The van der Waals surface area contributed by atoms with Crippen LogP contribution in [0.3, 0.4) is 0 Å². The van der Waals surface area contributed by atoms with Gasteiger partial charge in [-0.1, -0.05) is 24.2 Å². The van der Waals surface area contributed by atoms with Crippen LogP contribution in [0.1, 0.15) is 5.69 Å². The van der Waals surface area contributed by atoms with E-state index in [4.69, 9.17) is 25.8 Å². The van der Waals surface area contributed by atoms with E-state index >= 15 is 0 Å². The third-order valence-electron chi connectivity index (χ3n) is 6.10. The molecule has 2 aromatic heterocycles. The van der Waals surface area contributed by atoms with Crippen molar-refractivity contribution in [1.29, 1.82) is 0 Å². The van der Waals surface area contributed by atoms with Crippen molar-refractivity contribution in [2.45, 2.75) is 12.7 Å². The fourth-order valence-corrected chi connectivity index (χ4v) is 4.27. The first-order chi connectivity index (χ1) is 19.4. The summed E-state index contributed by atoms with van der Waals surface area (Å²) >= 11 is 6.47. The molecule has 5 rings (SSSR count). The van der Waals surface area contributed by atoms with Gasteiger partial charge in [-0.3, -0.25) is 15.1 Å². The number of likely N-dealkylation sites (tertiary alicyclic amines) is 1. The third-order valence-corrected chi connectivity index (χ3v) is 6.39. The highest BCUT2D eigenvalue weighted by Gasteiger charge is 2.32. The number of amides is 2. The number of fused-ring (bicyclic) bond motifs is 1. The van der Waals surface area contributed by atoms with Crippen molar-refractivity contribution in [3.8, 4) is 11.5 Å². The quantitative estimate of drug-likeness (QED) is 0.273. The van der Waals surface area contributed by atoms with E-state index in [1.165, 1.54) is 24.4 Å². The lowest BCUT2D eigenvalue weighted by Gasteiger charge is -2.37. The van der Waals surface area contributed by atoms with Gasteiger partial charge in [-0.2, -0.15) is 0 Å². The number of pyridine rings is 1. The predicted molar refractivity (Wildman–Crippen MR) is 150 cm³/mol. The van der Waals surface area contributed by atoms with E-state index in [9.17, 15) is 9.59 Å². The molecule has 11 nitrogen and oxygen atoms in total. The molecule has 0 aliphatic carbocycles. The molecule has 2 amide bonds. The Labute approximate surface area is 234 Å². The number of halogens is 1. The molecule has 0 atom stereocenters. The predicted octanol–water partition coefficient (Wildman–Crippen LogP) is 4.95. The summed E-state index contributed by atoms with van der Waals surface area (Å²) < 4.78 is 16.7. The molecule has 1 aliphatic rings. The number of methoxy groups -OCH3 is 1. The van der Waals surface area contributed by atoms with Crippen LogP contribution in [0.4, 0.5) is 22.0 Å². The Balaban J connectivity index is 1.30. The van der Waals surface area contributed by atoms with E-state index in [0.717, 1.165) is 5.69 Å². The Morgan fingerprint density at radius 3 is 2.70 bits per heavy atom. The Morgan fingerprint density at radius 1 is 1.12 bits per heavy atom. The monoisotopic (exact) mass is 560 g/mol. The lowest BCUT2D eigenvalue weighted by Crippen LogP contribution is -2.55. The molecule has 40 heavy (non-hydrogen) atoms. The summed E-state index contributed by atoms with van der Waals surface area (Å²) in [5.74, 6) is 1.19. The van der Waals surface area contributed by atoms with Gasteiger partial charge < -0.3 is 24.4 Å². The smallest absolute Gasteiger partial charge is 0.412 e. The van der Waals surface area contributed by atoms with Gasteiger partial charge in [-0.25, -0.2) is 14.8 Å². The van der Waals surface area contributed by atoms with Gasteiger partial charge in [0.05, 0.1) is 42.1 Å². The van der Waals surface area contributed by atoms with Crippen LogP contribution in [0.5, 0.6) is 11.5 Å². The van der Waals surface area contributed by atoms with Crippen LogP contribution < -0.4 is 20.1 Å². The summed E-state index contributed by atoms with van der Waals surface area (Å²) in [5.41, 5.74) is 2.41. The summed E-state index contributed by atoms with van der Waals surface area (Å²) in [7, 11) is 1.49. The van der Waals surface area contributed by atoms with Gasteiger partial charge in [0.2, 0.25) is 5.91 Å². The standard InChI is InChI=1S/C28H25ClN6O5/c1-3-26(36)35-13-19(14-35)40-28(37)34-23-11-20-22(12-25(23)38-2)31-16-32-27(20)33-17-7-8-24(21(29)10-17)39-15-18-6-4-5-9-30-18/h3-12,16,19H,1,13-15H2,2H3,(H,34,37)(H,31,32,33). The fraction of sp³-hybridized carbons (Fsp3) is 0.179.